The molecule has 0 saturated heterocycles. The first-order valence-electron chi connectivity index (χ1n) is 8.29. The fourth-order valence-corrected chi connectivity index (χ4v) is 2.89. The van der Waals surface area contributed by atoms with Crippen molar-refractivity contribution in [1.29, 1.82) is 0 Å². The summed E-state index contributed by atoms with van der Waals surface area (Å²) in [6.45, 7) is 2.73. The van der Waals surface area contributed by atoms with E-state index < -0.39 is 36.2 Å². The number of nitrogens with one attached hydrogen (secondary N) is 1. The number of fused-ring (bicyclic) bond motifs is 2. The summed E-state index contributed by atoms with van der Waals surface area (Å²) in [4.78, 5) is 34.0. The van der Waals surface area contributed by atoms with Gasteiger partial charge < -0.3 is 25.0 Å². The number of aromatic nitrogens is 4. The van der Waals surface area contributed by atoms with Gasteiger partial charge in [0.1, 0.15) is 18.3 Å². The maximum atomic E-state index is 12.2. The van der Waals surface area contributed by atoms with Crippen LogP contribution in [-0.4, -0.2) is 64.9 Å². The number of nitrogens with zero attached hydrogens (tertiary/aromatic N) is 3. The average molecular weight is 410 g/mol. The lowest BCUT2D eigenvalue weighted by Gasteiger charge is -2.25. The van der Waals surface area contributed by atoms with Gasteiger partial charge in [-0.1, -0.05) is 0 Å². The van der Waals surface area contributed by atoms with Gasteiger partial charge in [0.25, 0.3) is 5.56 Å². The molecule has 0 spiro atoms. The average Bonchev–Trinajstić information content (AvgIpc) is 2.62. The minimum absolute atomic E-state index is 0. The first-order valence-corrected chi connectivity index (χ1v) is 8.29. The number of hydrogen-bond donors (Lipinski definition) is 5. The number of aliphatic hydroxyl groups is 4. The predicted octanol–water partition coefficient (Wildman–Crippen LogP) is -1.67. The summed E-state index contributed by atoms with van der Waals surface area (Å²) in [6, 6.07) is 3.53. The van der Waals surface area contributed by atoms with Crippen molar-refractivity contribution in [1.82, 2.24) is 19.5 Å². The van der Waals surface area contributed by atoms with Crippen LogP contribution in [0.25, 0.3) is 22.6 Å². The van der Waals surface area contributed by atoms with E-state index in [0.717, 1.165) is 11.1 Å². The molecule has 0 radical (unpaired) electrons. The third kappa shape index (κ3) is 3.96. The van der Waals surface area contributed by atoms with E-state index in [1.807, 2.05) is 13.8 Å². The molecule has 3 rings (SSSR count). The summed E-state index contributed by atoms with van der Waals surface area (Å²) in [5.74, 6) is -0.0516. The highest BCUT2D eigenvalue weighted by Crippen LogP contribution is 2.24. The van der Waals surface area contributed by atoms with Crippen molar-refractivity contribution in [3.05, 3.63) is 44.1 Å². The van der Waals surface area contributed by atoms with Gasteiger partial charge in [0.05, 0.1) is 24.2 Å². The van der Waals surface area contributed by atoms with Gasteiger partial charge in [-0.3, -0.25) is 9.78 Å². The van der Waals surface area contributed by atoms with Crippen LogP contribution in [0, 0.1) is 13.8 Å². The van der Waals surface area contributed by atoms with Crippen molar-refractivity contribution in [2.75, 3.05) is 6.61 Å². The Morgan fingerprint density at radius 2 is 1.71 bits per heavy atom. The highest BCUT2D eigenvalue weighted by atomic mass is 31.0. The molecule has 28 heavy (non-hydrogen) atoms. The standard InChI is InChI=1S/C17H20N4O6.H3P/c1-7-3-9-10(4-8(7)2)21(5-11(23)14(25)12(24)6-22)15-13(18-9)16(26)20-17(27)19-15;/h3-4,11-12,14,22-25H,5-6H2,1-2H3,(H,20,26,27);1H3/t11-,12+,14-;/m0./s1. The van der Waals surface area contributed by atoms with Crippen LogP contribution in [0.2, 0.25) is 0 Å². The number of aryl methyl sites for hydroxylation is 2. The Balaban J connectivity index is 0.00000280. The lowest BCUT2D eigenvalue weighted by atomic mass is 10.1. The van der Waals surface area contributed by atoms with E-state index in [0.29, 0.717) is 11.0 Å². The van der Waals surface area contributed by atoms with Gasteiger partial charge in [-0.15, -0.1) is 0 Å². The molecule has 11 heteroatoms. The molecule has 152 valence electrons. The Hall–Kier alpha value is -2.23. The molecule has 10 nitrogen and oxygen atoms in total. The number of H-pyrrole nitrogens is 1. The summed E-state index contributed by atoms with van der Waals surface area (Å²) in [5.41, 5.74) is 1.11. The highest BCUT2D eigenvalue weighted by molar-refractivity contribution is 6.92. The second kappa shape index (κ2) is 8.42. The zero-order valence-electron chi connectivity index (χ0n) is 15.5. The maximum absolute atomic E-state index is 12.2. The molecule has 2 aliphatic rings. The number of hydrogen-bond acceptors (Lipinski definition) is 8. The van der Waals surface area contributed by atoms with Gasteiger partial charge >= 0.3 is 5.69 Å². The van der Waals surface area contributed by atoms with E-state index in [2.05, 4.69) is 15.0 Å². The van der Waals surface area contributed by atoms with Crippen LogP contribution in [0.5, 0.6) is 0 Å². The lowest BCUT2D eigenvalue weighted by Crippen LogP contribution is -2.42. The number of aromatic amines is 1. The molecule has 0 amide bonds. The molecule has 1 unspecified atom stereocenters. The monoisotopic (exact) mass is 410 g/mol. The second-order valence-corrected chi connectivity index (χ2v) is 6.50. The van der Waals surface area contributed by atoms with E-state index >= 15 is 0 Å². The molecule has 0 bridgehead atoms. The van der Waals surface area contributed by atoms with Crippen LogP contribution in [0.1, 0.15) is 11.1 Å². The zero-order chi connectivity index (χ0) is 19.9. The van der Waals surface area contributed by atoms with E-state index in [4.69, 9.17) is 5.11 Å². The normalized spacial score (nSPS) is 14.6. The second-order valence-electron chi connectivity index (χ2n) is 6.50. The van der Waals surface area contributed by atoms with E-state index in [1.165, 1.54) is 4.57 Å². The molecule has 1 aromatic carbocycles. The van der Waals surface area contributed by atoms with Crippen LogP contribution < -0.4 is 11.2 Å². The molecule has 2 heterocycles. The zero-order valence-corrected chi connectivity index (χ0v) is 16.9. The molecule has 0 saturated carbocycles. The summed E-state index contributed by atoms with van der Waals surface area (Å²) >= 11 is 0. The molecule has 5 N–H and O–H groups in total. The van der Waals surface area contributed by atoms with Gasteiger partial charge in [0.15, 0.2) is 11.5 Å². The lowest BCUT2D eigenvalue weighted by molar-refractivity contribution is -0.0802. The van der Waals surface area contributed by atoms with Gasteiger partial charge in [0.2, 0.25) is 0 Å². The van der Waals surface area contributed by atoms with Gasteiger partial charge in [-0.25, -0.2) is 9.78 Å². The fraction of sp³-hybridized carbons (Fsp3) is 0.412. The van der Waals surface area contributed by atoms with E-state index in [9.17, 15) is 24.9 Å². The molecule has 0 aliphatic carbocycles. The van der Waals surface area contributed by atoms with Crippen molar-refractivity contribution < 1.29 is 20.4 Å². The van der Waals surface area contributed by atoms with Crippen LogP contribution in [0.4, 0.5) is 0 Å². The Morgan fingerprint density at radius 3 is 2.36 bits per heavy atom. The van der Waals surface area contributed by atoms with Gasteiger partial charge in [-0.05, 0) is 37.1 Å². The maximum Gasteiger partial charge on any atom is 0.349 e. The van der Waals surface area contributed by atoms with E-state index in [-0.39, 0.29) is 28.0 Å². The molecular formula is C17H23N4O6P. The molecular weight excluding hydrogens is 387 g/mol. The third-order valence-electron chi connectivity index (χ3n) is 4.57. The van der Waals surface area contributed by atoms with Crippen molar-refractivity contribution in [3.63, 3.8) is 0 Å². The fourth-order valence-electron chi connectivity index (χ4n) is 2.89. The summed E-state index contributed by atoms with van der Waals surface area (Å²) < 4.78 is 1.40. The Morgan fingerprint density at radius 1 is 1.07 bits per heavy atom. The number of rotatable bonds is 5. The van der Waals surface area contributed by atoms with Crippen molar-refractivity contribution in [3.8, 4) is 11.5 Å². The van der Waals surface area contributed by atoms with Crippen LogP contribution in [0.3, 0.4) is 0 Å². The van der Waals surface area contributed by atoms with Crippen LogP contribution in [0.15, 0.2) is 21.7 Å². The predicted molar refractivity (Wildman–Crippen MR) is 107 cm³/mol. The van der Waals surface area contributed by atoms with Crippen LogP contribution in [-0.2, 0) is 6.54 Å². The van der Waals surface area contributed by atoms with Crippen LogP contribution >= 0.6 is 9.90 Å². The minimum Gasteiger partial charge on any atom is -0.394 e. The highest BCUT2D eigenvalue weighted by Gasteiger charge is 2.27. The first-order chi connectivity index (χ1) is 12.7. The smallest absolute Gasteiger partial charge is 0.349 e. The first kappa shape index (κ1) is 22.1. The van der Waals surface area contributed by atoms with Gasteiger partial charge in [-0.2, -0.15) is 14.9 Å². The molecule has 0 aromatic heterocycles. The summed E-state index contributed by atoms with van der Waals surface area (Å²) in [7, 11) is 0. The van der Waals surface area contributed by atoms with E-state index in [1.54, 1.807) is 12.1 Å². The summed E-state index contributed by atoms with van der Waals surface area (Å²) in [5, 5.41) is 38.8. The Bertz CT molecular complexity index is 1080. The Labute approximate surface area is 162 Å². The summed E-state index contributed by atoms with van der Waals surface area (Å²) in [6.07, 6.45) is -4.68. The topological polar surface area (TPSA) is 162 Å². The molecule has 0 fully saturated rings. The minimum atomic E-state index is -1.64. The molecule has 1 aromatic rings. The van der Waals surface area contributed by atoms with Crippen molar-refractivity contribution >= 4 is 20.9 Å². The van der Waals surface area contributed by atoms with Gasteiger partial charge in [0, 0.05) is 0 Å². The Kier molecular flexibility index (Phi) is 6.63. The SMILES string of the molecule is Cc1cc2nc3c(=O)[nH]c(=O)nc-3n(C[C@H](O)[C@H](O)[C@H](O)CO)c2cc1C.P. The third-order valence-corrected chi connectivity index (χ3v) is 4.57. The van der Waals surface area contributed by atoms with Crippen molar-refractivity contribution in [2.24, 2.45) is 0 Å². The number of benzene rings is 1. The largest absolute Gasteiger partial charge is 0.394 e. The number of aliphatic hydroxyl groups excluding tert-OH is 4. The molecule has 4 atom stereocenters. The molecule has 2 aliphatic heterocycles. The quantitative estimate of drug-likeness (QED) is 0.246. The van der Waals surface area contributed by atoms with Crippen molar-refractivity contribution in [2.45, 2.75) is 38.7 Å².